The van der Waals surface area contributed by atoms with Crippen LogP contribution in [0.1, 0.15) is 35.3 Å². The van der Waals surface area contributed by atoms with Crippen LogP contribution in [0, 0.1) is 0 Å². The summed E-state index contributed by atoms with van der Waals surface area (Å²) in [6, 6.07) is 14.6. The van der Waals surface area contributed by atoms with Crippen molar-refractivity contribution in [1.82, 2.24) is 20.9 Å². The first-order valence-electron chi connectivity index (χ1n) is 10.1. The van der Waals surface area contributed by atoms with Crippen LogP contribution in [-0.4, -0.2) is 50.1 Å². The Morgan fingerprint density at radius 3 is 2.20 bits per heavy atom. The summed E-state index contributed by atoms with van der Waals surface area (Å²) in [6.07, 6.45) is 0.0994. The van der Waals surface area contributed by atoms with Crippen LogP contribution >= 0.6 is 0 Å². The molecule has 3 N–H and O–H groups in total. The molecule has 0 heterocycles. The van der Waals surface area contributed by atoms with Crippen LogP contribution in [0.5, 0.6) is 5.75 Å². The topological polar surface area (TPSA) is 82.7 Å². The lowest BCUT2D eigenvalue weighted by Crippen LogP contribution is -2.34. The number of likely N-dealkylation sites (N-methyl/N-ethyl adjacent to an activating group) is 1. The van der Waals surface area contributed by atoms with Crippen LogP contribution in [0.15, 0.2) is 48.5 Å². The highest BCUT2D eigenvalue weighted by Crippen LogP contribution is 2.14. The maximum Gasteiger partial charge on any atom is 0.315 e. The molecule has 7 heteroatoms. The Morgan fingerprint density at radius 1 is 0.933 bits per heavy atom. The standard InChI is InChI=1S/C23H32N4O3/c1-17(2)30-21-10-6-8-19(14-21)16-26-23(29)25-15-18-7-5-9-20(13-18)22(28)24-11-12-27(3)4/h5-10,13-14,17H,11-12,15-16H2,1-4H3,(H,24,28)(H2,25,26,29). The molecular formula is C23H32N4O3. The summed E-state index contributed by atoms with van der Waals surface area (Å²) in [7, 11) is 3.92. The van der Waals surface area contributed by atoms with Crippen LogP contribution in [0.4, 0.5) is 4.79 Å². The van der Waals surface area contributed by atoms with Crippen molar-refractivity contribution in [3.05, 3.63) is 65.2 Å². The molecule has 0 saturated heterocycles. The zero-order valence-corrected chi connectivity index (χ0v) is 18.2. The molecule has 30 heavy (non-hydrogen) atoms. The van der Waals surface area contributed by atoms with Crippen LogP contribution in [-0.2, 0) is 13.1 Å². The summed E-state index contributed by atoms with van der Waals surface area (Å²) in [4.78, 5) is 26.4. The van der Waals surface area contributed by atoms with Gasteiger partial charge >= 0.3 is 6.03 Å². The number of carbonyl (C=O) groups excluding carboxylic acids is 2. The molecule has 0 spiro atoms. The molecule has 0 aliphatic heterocycles. The number of nitrogens with zero attached hydrogens (tertiary/aromatic N) is 1. The predicted octanol–water partition coefficient (Wildman–Crippen LogP) is 2.76. The molecule has 0 bridgehead atoms. The van der Waals surface area contributed by atoms with E-state index in [1.54, 1.807) is 12.1 Å². The molecule has 162 valence electrons. The van der Waals surface area contributed by atoms with Crippen LogP contribution in [0.2, 0.25) is 0 Å². The molecule has 0 saturated carbocycles. The number of hydrogen-bond donors (Lipinski definition) is 3. The van der Waals surface area contributed by atoms with Gasteiger partial charge in [0.25, 0.3) is 5.91 Å². The van der Waals surface area contributed by atoms with E-state index in [2.05, 4.69) is 16.0 Å². The minimum atomic E-state index is -0.272. The van der Waals surface area contributed by atoms with Gasteiger partial charge in [-0.1, -0.05) is 24.3 Å². The average molecular weight is 413 g/mol. The molecule has 0 unspecified atom stereocenters. The molecule has 0 atom stereocenters. The number of hydrogen-bond acceptors (Lipinski definition) is 4. The Hall–Kier alpha value is -3.06. The number of carbonyl (C=O) groups is 2. The molecule has 7 nitrogen and oxygen atoms in total. The summed E-state index contributed by atoms with van der Waals surface area (Å²) in [5.41, 5.74) is 2.40. The van der Waals surface area contributed by atoms with Gasteiger partial charge in [0.2, 0.25) is 0 Å². The first-order valence-corrected chi connectivity index (χ1v) is 10.1. The number of benzene rings is 2. The highest BCUT2D eigenvalue weighted by molar-refractivity contribution is 5.94. The Bertz CT molecular complexity index is 837. The second kappa shape index (κ2) is 11.8. The minimum absolute atomic E-state index is 0.0994. The molecule has 0 aliphatic carbocycles. The molecule has 0 aliphatic rings. The summed E-state index contributed by atoms with van der Waals surface area (Å²) in [5.74, 6) is 0.664. The van der Waals surface area contributed by atoms with E-state index in [9.17, 15) is 9.59 Å². The molecule has 0 fully saturated rings. The van der Waals surface area contributed by atoms with E-state index in [1.165, 1.54) is 0 Å². The highest BCUT2D eigenvalue weighted by Gasteiger charge is 2.07. The molecule has 0 radical (unpaired) electrons. The van der Waals surface area contributed by atoms with Gasteiger partial charge < -0.3 is 25.6 Å². The van der Waals surface area contributed by atoms with Gasteiger partial charge in [-0.15, -0.1) is 0 Å². The normalized spacial score (nSPS) is 10.7. The number of nitrogens with one attached hydrogen (secondary N) is 3. The largest absolute Gasteiger partial charge is 0.491 e. The molecule has 0 aromatic heterocycles. The molecule has 2 aromatic carbocycles. The second-order valence-electron chi connectivity index (χ2n) is 7.61. The zero-order valence-electron chi connectivity index (χ0n) is 18.2. The first-order chi connectivity index (χ1) is 14.3. The summed E-state index contributed by atoms with van der Waals surface area (Å²) in [5, 5.41) is 8.54. The van der Waals surface area contributed by atoms with Crippen LogP contribution < -0.4 is 20.7 Å². The van der Waals surface area contributed by atoms with Crippen molar-refractivity contribution in [3.63, 3.8) is 0 Å². The lowest BCUT2D eigenvalue weighted by Gasteiger charge is -2.12. The molecule has 3 amide bonds. The number of rotatable bonds is 10. The second-order valence-corrected chi connectivity index (χ2v) is 7.61. The van der Waals surface area contributed by atoms with Crippen molar-refractivity contribution >= 4 is 11.9 Å². The fourth-order valence-electron chi connectivity index (χ4n) is 2.75. The van der Waals surface area contributed by atoms with E-state index in [0.29, 0.717) is 25.2 Å². The van der Waals surface area contributed by atoms with E-state index in [-0.39, 0.29) is 18.0 Å². The average Bonchev–Trinajstić information content (AvgIpc) is 2.70. The lowest BCUT2D eigenvalue weighted by atomic mass is 10.1. The van der Waals surface area contributed by atoms with Gasteiger partial charge in [-0.2, -0.15) is 0 Å². The van der Waals surface area contributed by atoms with Gasteiger partial charge in [-0.05, 0) is 63.3 Å². The van der Waals surface area contributed by atoms with Crippen molar-refractivity contribution in [2.24, 2.45) is 0 Å². The Morgan fingerprint density at radius 2 is 1.57 bits per heavy atom. The summed E-state index contributed by atoms with van der Waals surface area (Å²) in [6.45, 7) is 6.04. The van der Waals surface area contributed by atoms with Crippen molar-refractivity contribution < 1.29 is 14.3 Å². The maximum atomic E-state index is 12.2. The van der Waals surface area contributed by atoms with Gasteiger partial charge in [0, 0.05) is 31.7 Å². The van der Waals surface area contributed by atoms with E-state index >= 15 is 0 Å². The zero-order chi connectivity index (χ0) is 21.9. The Kier molecular flexibility index (Phi) is 9.15. The maximum absolute atomic E-state index is 12.2. The van der Waals surface area contributed by atoms with Crippen molar-refractivity contribution in [3.8, 4) is 5.75 Å². The highest BCUT2D eigenvalue weighted by atomic mass is 16.5. The van der Waals surface area contributed by atoms with E-state index in [1.807, 2.05) is 69.2 Å². The van der Waals surface area contributed by atoms with Crippen LogP contribution in [0.3, 0.4) is 0 Å². The summed E-state index contributed by atoms with van der Waals surface area (Å²) < 4.78 is 5.67. The van der Waals surface area contributed by atoms with Crippen LogP contribution in [0.25, 0.3) is 0 Å². The molecular weight excluding hydrogens is 380 g/mol. The fraction of sp³-hybridized carbons (Fsp3) is 0.391. The monoisotopic (exact) mass is 412 g/mol. The molecule has 2 aromatic rings. The Labute approximate surface area is 178 Å². The predicted molar refractivity (Wildman–Crippen MR) is 119 cm³/mol. The minimum Gasteiger partial charge on any atom is -0.491 e. The van der Waals surface area contributed by atoms with Gasteiger partial charge in [-0.3, -0.25) is 4.79 Å². The Balaban J connectivity index is 1.80. The van der Waals surface area contributed by atoms with E-state index in [4.69, 9.17) is 4.74 Å². The SMILES string of the molecule is CC(C)Oc1cccc(CNC(=O)NCc2cccc(C(=O)NCCN(C)C)c2)c1. The fourth-order valence-corrected chi connectivity index (χ4v) is 2.75. The third-order valence-electron chi connectivity index (χ3n) is 4.21. The third kappa shape index (κ3) is 8.53. The summed E-state index contributed by atoms with van der Waals surface area (Å²) >= 11 is 0. The number of urea groups is 1. The van der Waals surface area contributed by atoms with Gasteiger partial charge in [0.15, 0.2) is 0 Å². The van der Waals surface area contributed by atoms with Gasteiger partial charge in [0.05, 0.1) is 6.10 Å². The van der Waals surface area contributed by atoms with Crippen molar-refractivity contribution in [2.45, 2.75) is 33.0 Å². The number of ether oxygens (including phenoxy) is 1. The molecule has 2 rings (SSSR count). The lowest BCUT2D eigenvalue weighted by molar-refractivity contribution is 0.0951. The van der Waals surface area contributed by atoms with Crippen molar-refractivity contribution in [1.29, 1.82) is 0 Å². The van der Waals surface area contributed by atoms with Gasteiger partial charge in [0.1, 0.15) is 5.75 Å². The van der Waals surface area contributed by atoms with E-state index < -0.39 is 0 Å². The smallest absolute Gasteiger partial charge is 0.315 e. The quantitative estimate of drug-likeness (QED) is 0.560. The number of amides is 3. The van der Waals surface area contributed by atoms with Crippen molar-refractivity contribution in [2.75, 3.05) is 27.2 Å². The van der Waals surface area contributed by atoms with Gasteiger partial charge in [-0.25, -0.2) is 4.79 Å². The van der Waals surface area contributed by atoms with E-state index in [0.717, 1.165) is 23.4 Å². The third-order valence-corrected chi connectivity index (χ3v) is 4.21. The first kappa shape index (κ1) is 23.2.